The van der Waals surface area contributed by atoms with Gasteiger partial charge in [-0.3, -0.25) is 4.99 Å². The molecule has 0 spiro atoms. The van der Waals surface area contributed by atoms with E-state index in [4.69, 9.17) is 9.47 Å². The van der Waals surface area contributed by atoms with Gasteiger partial charge in [-0.1, -0.05) is 30.3 Å². The largest absolute Gasteiger partial charge is 0.467 e. The van der Waals surface area contributed by atoms with Crippen molar-refractivity contribution in [2.45, 2.75) is 51.8 Å². The maximum Gasteiger partial charge on any atom is 0.408 e. The maximum atomic E-state index is 12.4. The van der Waals surface area contributed by atoms with Crippen molar-refractivity contribution in [1.82, 2.24) is 5.32 Å². The van der Waals surface area contributed by atoms with Crippen LogP contribution in [0.15, 0.2) is 35.3 Å². The monoisotopic (exact) mass is 334 g/mol. The third kappa shape index (κ3) is 5.08. The molecule has 0 unspecified atom stereocenters. The average Bonchev–Trinajstić information content (AvgIpc) is 2.51. The van der Waals surface area contributed by atoms with E-state index in [2.05, 4.69) is 10.3 Å². The molecule has 132 valence electrons. The first-order chi connectivity index (χ1) is 11.1. The molecule has 2 atom stereocenters. The number of alkyl carbamates (subject to hydrolysis) is 1. The Labute approximate surface area is 143 Å². The van der Waals surface area contributed by atoms with Gasteiger partial charge in [0, 0.05) is 0 Å². The predicted molar refractivity (Wildman–Crippen MR) is 93.1 cm³/mol. The SMILES string of the molecule is C/C=N/[C@](C)(C(=O)OC)[C@H](NC(=O)OC(C)(C)C)c1ccccc1. The summed E-state index contributed by atoms with van der Waals surface area (Å²) in [5.41, 5.74) is -1.25. The van der Waals surface area contributed by atoms with Crippen LogP contribution in [0.3, 0.4) is 0 Å². The first-order valence-corrected chi connectivity index (χ1v) is 7.76. The van der Waals surface area contributed by atoms with E-state index in [0.29, 0.717) is 0 Å². The number of methoxy groups -OCH3 is 1. The van der Waals surface area contributed by atoms with Crippen molar-refractivity contribution in [3.8, 4) is 0 Å². The van der Waals surface area contributed by atoms with Gasteiger partial charge in [0.25, 0.3) is 0 Å². The van der Waals surface area contributed by atoms with E-state index in [1.807, 2.05) is 30.3 Å². The van der Waals surface area contributed by atoms with Crippen LogP contribution in [0.4, 0.5) is 4.79 Å². The minimum Gasteiger partial charge on any atom is -0.467 e. The van der Waals surface area contributed by atoms with E-state index in [1.54, 1.807) is 34.6 Å². The summed E-state index contributed by atoms with van der Waals surface area (Å²) in [4.78, 5) is 28.9. The van der Waals surface area contributed by atoms with E-state index in [-0.39, 0.29) is 0 Å². The van der Waals surface area contributed by atoms with Gasteiger partial charge < -0.3 is 14.8 Å². The third-order valence-electron chi connectivity index (χ3n) is 3.35. The highest BCUT2D eigenvalue weighted by Gasteiger charge is 2.44. The summed E-state index contributed by atoms with van der Waals surface area (Å²) in [5.74, 6) is -0.550. The molecule has 0 radical (unpaired) electrons. The van der Waals surface area contributed by atoms with Gasteiger partial charge in [-0.2, -0.15) is 0 Å². The van der Waals surface area contributed by atoms with Crippen LogP contribution in [0.2, 0.25) is 0 Å². The van der Waals surface area contributed by atoms with Crippen molar-refractivity contribution in [1.29, 1.82) is 0 Å². The number of carbonyl (C=O) groups excluding carboxylic acids is 2. The van der Waals surface area contributed by atoms with Gasteiger partial charge >= 0.3 is 12.1 Å². The van der Waals surface area contributed by atoms with E-state index in [9.17, 15) is 9.59 Å². The van der Waals surface area contributed by atoms with Gasteiger partial charge in [0.05, 0.1) is 13.2 Å². The number of nitrogens with one attached hydrogen (secondary N) is 1. The van der Waals surface area contributed by atoms with Crippen LogP contribution in [-0.4, -0.2) is 36.5 Å². The number of hydrogen-bond donors (Lipinski definition) is 1. The lowest BCUT2D eigenvalue weighted by Crippen LogP contribution is -2.49. The van der Waals surface area contributed by atoms with Crippen LogP contribution in [0.5, 0.6) is 0 Å². The zero-order valence-corrected chi connectivity index (χ0v) is 15.1. The topological polar surface area (TPSA) is 77.0 Å². The lowest BCUT2D eigenvalue weighted by atomic mass is 9.87. The lowest BCUT2D eigenvalue weighted by molar-refractivity contribution is -0.147. The Kier molecular flexibility index (Phi) is 6.51. The molecule has 0 aliphatic heterocycles. The summed E-state index contributed by atoms with van der Waals surface area (Å²) < 4.78 is 10.2. The standard InChI is InChI=1S/C18H26N2O4/c1-7-19-18(5,15(21)23-6)14(13-11-9-8-10-12-13)20-16(22)24-17(2,3)4/h7-12,14H,1-6H3,(H,20,22)/b19-7+/t14-,18+/m1/s1. The predicted octanol–water partition coefficient (Wildman–Crippen LogP) is 3.27. The summed E-state index contributed by atoms with van der Waals surface area (Å²) in [6, 6.07) is 8.39. The average molecular weight is 334 g/mol. The number of aliphatic imine (C=N–C) groups is 1. The molecule has 1 amide bonds. The highest BCUT2D eigenvalue weighted by molar-refractivity contribution is 5.84. The molecule has 0 bridgehead atoms. The number of hydrogen-bond acceptors (Lipinski definition) is 5. The number of rotatable bonds is 5. The zero-order valence-electron chi connectivity index (χ0n) is 15.1. The van der Waals surface area contributed by atoms with Gasteiger partial charge in [0.15, 0.2) is 5.54 Å². The molecule has 0 aromatic heterocycles. The molecule has 0 aliphatic rings. The first-order valence-electron chi connectivity index (χ1n) is 7.76. The van der Waals surface area contributed by atoms with Crippen LogP contribution < -0.4 is 5.32 Å². The summed E-state index contributed by atoms with van der Waals surface area (Å²) in [5, 5.41) is 2.75. The van der Waals surface area contributed by atoms with E-state index < -0.39 is 29.2 Å². The molecule has 1 aromatic carbocycles. The Morgan fingerprint density at radius 3 is 2.21 bits per heavy atom. The number of ether oxygens (including phenoxy) is 2. The van der Waals surface area contributed by atoms with Gasteiger partial charge in [-0.25, -0.2) is 9.59 Å². The first kappa shape index (κ1) is 19.7. The molecule has 0 saturated heterocycles. The minimum atomic E-state index is -1.32. The lowest BCUT2D eigenvalue weighted by Gasteiger charge is -2.33. The minimum absolute atomic E-state index is 0.550. The fourth-order valence-corrected chi connectivity index (χ4v) is 2.34. The second-order valence-electron chi connectivity index (χ2n) is 6.52. The Bertz CT molecular complexity index is 593. The van der Waals surface area contributed by atoms with Gasteiger partial charge in [0.2, 0.25) is 0 Å². The van der Waals surface area contributed by atoms with E-state index >= 15 is 0 Å². The molecule has 0 saturated carbocycles. The summed E-state index contributed by atoms with van der Waals surface area (Å²) in [7, 11) is 1.29. The number of benzene rings is 1. The van der Waals surface area contributed by atoms with Crippen molar-refractivity contribution in [3.05, 3.63) is 35.9 Å². The molecule has 24 heavy (non-hydrogen) atoms. The molecular formula is C18H26N2O4. The van der Waals surface area contributed by atoms with Gasteiger partial charge in [-0.15, -0.1) is 0 Å². The molecular weight excluding hydrogens is 308 g/mol. The maximum absolute atomic E-state index is 12.4. The molecule has 1 N–H and O–H groups in total. The highest BCUT2D eigenvalue weighted by atomic mass is 16.6. The Morgan fingerprint density at radius 2 is 1.75 bits per heavy atom. The highest BCUT2D eigenvalue weighted by Crippen LogP contribution is 2.31. The summed E-state index contributed by atoms with van der Waals surface area (Å²) >= 11 is 0. The molecule has 0 aliphatic carbocycles. The molecule has 6 heteroatoms. The number of nitrogens with zero attached hydrogens (tertiary/aromatic N) is 1. The van der Waals surface area contributed by atoms with Crippen LogP contribution >= 0.6 is 0 Å². The molecule has 1 aromatic rings. The fourth-order valence-electron chi connectivity index (χ4n) is 2.34. The van der Waals surface area contributed by atoms with Crippen LogP contribution in [0.1, 0.15) is 46.2 Å². The number of amides is 1. The normalized spacial score (nSPS) is 15.4. The van der Waals surface area contributed by atoms with E-state index in [1.165, 1.54) is 13.3 Å². The van der Waals surface area contributed by atoms with Crippen molar-refractivity contribution < 1.29 is 19.1 Å². The second kappa shape index (κ2) is 7.95. The second-order valence-corrected chi connectivity index (χ2v) is 6.52. The molecule has 0 fully saturated rings. The third-order valence-corrected chi connectivity index (χ3v) is 3.35. The summed E-state index contributed by atoms with van der Waals surface area (Å²) in [6.45, 7) is 8.64. The van der Waals surface area contributed by atoms with Crippen LogP contribution in [0.25, 0.3) is 0 Å². The Hall–Kier alpha value is -2.37. The summed E-state index contributed by atoms with van der Waals surface area (Å²) in [6.07, 6.45) is 0.890. The van der Waals surface area contributed by atoms with Gasteiger partial charge in [0.1, 0.15) is 5.60 Å². The van der Waals surface area contributed by atoms with Crippen molar-refractivity contribution in [2.24, 2.45) is 4.99 Å². The molecule has 6 nitrogen and oxygen atoms in total. The van der Waals surface area contributed by atoms with Gasteiger partial charge in [-0.05, 0) is 46.4 Å². The van der Waals surface area contributed by atoms with Crippen molar-refractivity contribution in [3.63, 3.8) is 0 Å². The Balaban J connectivity index is 3.28. The quantitative estimate of drug-likeness (QED) is 0.662. The van der Waals surface area contributed by atoms with E-state index in [0.717, 1.165) is 5.56 Å². The number of esters is 1. The Morgan fingerprint density at radius 1 is 1.17 bits per heavy atom. The molecule has 1 rings (SSSR count). The van der Waals surface area contributed by atoms with Crippen LogP contribution in [0, 0.1) is 0 Å². The molecule has 0 heterocycles. The van der Waals surface area contributed by atoms with Crippen molar-refractivity contribution >= 4 is 18.3 Å². The van der Waals surface area contributed by atoms with Crippen molar-refractivity contribution in [2.75, 3.05) is 7.11 Å². The number of carbonyl (C=O) groups is 2. The van der Waals surface area contributed by atoms with Crippen LogP contribution in [-0.2, 0) is 14.3 Å². The fraction of sp³-hybridized carbons (Fsp3) is 0.500. The zero-order chi connectivity index (χ0) is 18.4. The smallest absolute Gasteiger partial charge is 0.408 e.